The van der Waals surface area contributed by atoms with Gasteiger partial charge in [0.2, 0.25) is 0 Å². The van der Waals surface area contributed by atoms with Crippen molar-refractivity contribution >= 4 is 15.7 Å². The van der Waals surface area contributed by atoms with E-state index in [9.17, 15) is 26.0 Å². The number of aromatic hydroxyl groups is 1. The fourth-order valence-electron chi connectivity index (χ4n) is 1.48. The first kappa shape index (κ1) is 15.1. The highest BCUT2D eigenvalue weighted by atomic mass is 32.2. The van der Waals surface area contributed by atoms with E-state index in [2.05, 4.69) is 0 Å². The van der Waals surface area contributed by atoms with Crippen LogP contribution in [0.25, 0.3) is 0 Å². The first-order chi connectivity index (χ1) is 9.72. The van der Waals surface area contributed by atoms with Gasteiger partial charge in [-0.2, -0.15) is 0 Å². The maximum absolute atomic E-state index is 13.4. The largest absolute Gasteiger partial charge is 0.508 e. The lowest BCUT2D eigenvalue weighted by Gasteiger charge is -2.10. The molecule has 0 fully saturated rings. The van der Waals surface area contributed by atoms with Crippen LogP contribution in [0.2, 0.25) is 0 Å². The summed E-state index contributed by atoms with van der Waals surface area (Å²) in [6.45, 7) is 0. The summed E-state index contributed by atoms with van der Waals surface area (Å²) in [5.74, 6) is -7.44. The zero-order valence-corrected chi connectivity index (χ0v) is 10.9. The highest BCUT2D eigenvalue weighted by Gasteiger charge is 2.24. The van der Waals surface area contributed by atoms with Crippen LogP contribution >= 0.6 is 0 Å². The molecule has 0 heterocycles. The number of sulfonamides is 1. The second-order valence-electron chi connectivity index (χ2n) is 3.94. The molecule has 0 unspecified atom stereocenters. The average Bonchev–Trinajstić information content (AvgIpc) is 2.42. The van der Waals surface area contributed by atoms with E-state index in [0.29, 0.717) is 0 Å². The lowest BCUT2D eigenvalue weighted by molar-refractivity contribution is 0.459. The Kier molecular flexibility index (Phi) is 3.77. The van der Waals surface area contributed by atoms with Gasteiger partial charge in [0.15, 0.2) is 23.3 Å². The van der Waals surface area contributed by atoms with Gasteiger partial charge in [0.05, 0.1) is 4.90 Å². The number of nitrogens with one attached hydrogen (secondary N) is 1. The van der Waals surface area contributed by atoms with Crippen LogP contribution in [0, 0.1) is 23.3 Å². The third-order valence-electron chi connectivity index (χ3n) is 2.50. The third kappa shape index (κ3) is 2.92. The Labute approximate surface area is 116 Å². The van der Waals surface area contributed by atoms with Crippen LogP contribution in [0.5, 0.6) is 5.75 Å². The molecule has 0 aromatic heterocycles. The average molecular weight is 321 g/mol. The van der Waals surface area contributed by atoms with Gasteiger partial charge < -0.3 is 5.11 Å². The zero-order valence-electron chi connectivity index (χ0n) is 10.1. The molecular formula is C12H7F4NO3S. The van der Waals surface area contributed by atoms with E-state index in [1.165, 1.54) is 4.72 Å². The molecule has 0 atom stereocenters. The molecule has 21 heavy (non-hydrogen) atoms. The Morgan fingerprint density at radius 3 is 1.86 bits per heavy atom. The van der Waals surface area contributed by atoms with Gasteiger partial charge >= 0.3 is 0 Å². The van der Waals surface area contributed by atoms with E-state index in [0.717, 1.165) is 24.3 Å². The van der Waals surface area contributed by atoms with Crippen molar-refractivity contribution in [1.29, 1.82) is 0 Å². The predicted molar refractivity (Wildman–Crippen MR) is 65.2 cm³/mol. The highest BCUT2D eigenvalue weighted by Crippen LogP contribution is 2.27. The minimum absolute atomic E-state index is 0.0387. The Hall–Kier alpha value is -2.29. The number of phenolic OH excluding ortho intramolecular Hbond substituents is 1. The zero-order chi connectivity index (χ0) is 15.8. The number of halogens is 4. The van der Waals surface area contributed by atoms with Gasteiger partial charge in [-0.15, -0.1) is 0 Å². The number of rotatable bonds is 3. The van der Waals surface area contributed by atoms with Crippen molar-refractivity contribution in [1.82, 2.24) is 0 Å². The van der Waals surface area contributed by atoms with Crippen molar-refractivity contribution in [2.24, 2.45) is 0 Å². The van der Waals surface area contributed by atoms with E-state index in [1.54, 1.807) is 0 Å². The van der Waals surface area contributed by atoms with Crippen molar-refractivity contribution in [3.63, 3.8) is 0 Å². The summed E-state index contributed by atoms with van der Waals surface area (Å²) in [5.41, 5.74) is -1.46. The van der Waals surface area contributed by atoms with Crippen molar-refractivity contribution in [3.05, 3.63) is 53.6 Å². The van der Waals surface area contributed by atoms with Crippen LogP contribution < -0.4 is 4.72 Å². The van der Waals surface area contributed by atoms with Gasteiger partial charge in [-0.1, -0.05) is 0 Å². The molecule has 0 saturated heterocycles. The van der Waals surface area contributed by atoms with Crippen LogP contribution in [-0.4, -0.2) is 13.5 Å². The molecule has 2 aromatic rings. The van der Waals surface area contributed by atoms with E-state index in [4.69, 9.17) is 5.11 Å². The first-order valence-electron chi connectivity index (χ1n) is 5.37. The summed E-state index contributed by atoms with van der Waals surface area (Å²) in [7, 11) is -4.48. The predicted octanol–water partition coefficient (Wildman–Crippen LogP) is 2.75. The number of hydrogen-bond acceptors (Lipinski definition) is 3. The molecule has 9 heteroatoms. The van der Waals surface area contributed by atoms with Gasteiger partial charge in [-0.05, 0) is 24.3 Å². The van der Waals surface area contributed by atoms with Crippen LogP contribution in [0.15, 0.2) is 35.2 Å². The van der Waals surface area contributed by atoms with E-state index in [1.807, 2.05) is 0 Å². The lowest BCUT2D eigenvalue weighted by Crippen LogP contribution is -2.16. The summed E-state index contributed by atoms with van der Waals surface area (Å²) >= 11 is 0. The number of phenols is 1. The summed E-state index contributed by atoms with van der Waals surface area (Å²) < 4.78 is 78.0. The molecule has 0 radical (unpaired) electrons. The minimum Gasteiger partial charge on any atom is -0.508 e. The quantitative estimate of drug-likeness (QED) is 0.675. The summed E-state index contributed by atoms with van der Waals surface area (Å²) in [6.07, 6.45) is 0. The molecule has 2 aromatic carbocycles. The molecule has 4 nitrogen and oxygen atoms in total. The number of hydrogen-bond donors (Lipinski definition) is 2. The number of benzene rings is 2. The molecule has 0 aliphatic rings. The van der Waals surface area contributed by atoms with Crippen molar-refractivity contribution in [2.45, 2.75) is 4.90 Å². The highest BCUT2D eigenvalue weighted by molar-refractivity contribution is 7.92. The molecule has 0 saturated carbocycles. The number of anilines is 1. The van der Waals surface area contributed by atoms with Crippen molar-refractivity contribution < 1.29 is 31.1 Å². The molecule has 2 N–H and O–H groups in total. The Morgan fingerprint density at radius 1 is 0.905 bits per heavy atom. The minimum atomic E-state index is -4.48. The maximum Gasteiger partial charge on any atom is 0.262 e. The lowest BCUT2D eigenvalue weighted by atomic mass is 10.3. The van der Waals surface area contributed by atoms with Crippen LogP contribution in [0.4, 0.5) is 23.2 Å². The fourth-order valence-corrected chi connectivity index (χ4v) is 2.54. The summed E-state index contributed by atoms with van der Waals surface area (Å²) in [4.78, 5) is -0.455. The van der Waals surface area contributed by atoms with E-state index in [-0.39, 0.29) is 11.8 Å². The Balaban J connectivity index is 2.49. The Morgan fingerprint density at radius 2 is 1.38 bits per heavy atom. The van der Waals surface area contributed by atoms with Gasteiger partial charge in [0.25, 0.3) is 10.0 Å². The molecule has 0 amide bonds. The normalized spacial score (nSPS) is 11.4. The van der Waals surface area contributed by atoms with Crippen LogP contribution in [0.3, 0.4) is 0 Å². The standard InChI is InChI=1S/C12H7F4NO3S/c13-8-5-9(14)11(16)12(10(8)15)17-21(19,20)7-3-1-6(18)2-4-7/h1-5,17-18H. The van der Waals surface area contributed by atoms with Gasteiger partial charge in [0.1, 0.15) is 11.4 Å². The summed E-state index contributed by atoms with van der Waals surface area (Å²) in [5, 5.41) is 9.04. The van der Waals surface area contributed by atoms with Crippen molar-refractivity contribution in [3.8, 4) is 5.75 Å². The second kappa shape index (κ2) is 5.24. The molecule has 2 rings (SSSR count). The topological polar surface area (TPSA) is 66.4 Å². The first-order valence-corrected chi connectivity index (χ1v) is 6.85. The van der Waals surface area contributed by atoms with E-state index >= 15 is 0 Å². The molecule has 0 spiro atoms. The van der Waals surface area contributed by atoms with Crippen LogP contribution in [0.1, 0.15) is 0 Å². The van der Waals surface area contributed by atoms with Crippen molar-refractivity contribution in [2.75, 3.05) is 4.72 Å². The molecule has 112 valence electrons. The van der Waals surface area contributed by atoms with Crippen LogP contribution in [-0.2, 0) is 10.0 Å². The van der Waals surface area contributed by atoms with Gasteiger partial charge in [-0.25, -0.2) is 26.0 Å². The molecule has 0 aliphatic heterocycles. The van der Waals surface area contributed by atoms with Gasteiger partial charge in [-0.3, -0.25) is 4.72 Å². The maximum atomic E-state index is 13.4. The van der Waals surface area contributed by atoms with Gasteiger partial charge in [0, 0.05) is 6.07 Å². The summed E-state index contributed by atoms with van der Waals surface area (Å²) in [6, 6.07) is 3.90. The van der Waals surface area contributed by atoms with E-state index < -0.39 is 43.9 Å². The molecule has 0 bridgehead atoms. The molecular weight excluding hydrogens is 314 g/mol. The fraction of sp³-hybridized carbons (Fsp3) is 0. The smallest absolute Gasteiger partial charge is 0.262 e. The second-order valence-corrected chi connectivity index (χ2v) is 5.62. The molecule has 0 aliphatic carbocycles. The SMILES string of the molecule is O=S(=O)(Nc1c(F)c(F)cc(F)c1F)c1ccc(O)cc1. The third-order valence-corrected chi connectivity index (χ3v) is 3.86. The monoisotopic (exact) mass is 321 g/mol. The Bertz CT molecular complexity index is 765.